The van der Waals surface area contributed by atoms with Gasteiger partial charge in [0, 0.05) is 105 Å². The van der Waals surface area contributed by atoms with Gasteiger partial charge in [0.25, 0.3) is 11.8 Å². The van der Waals surface area contributed by atoms with Crippen molar-refractivity contribution in [2.45, 2.75) is 4.71 Å². The summed E-state index contributed by atoms with van der Waals surface area (Å²) in [4.78, 5) is 37.1. The van der Waals surface area contributed by atoms with Crippen LogP contribution in [0.2, 0.25) is 0 Å². The van der Waals surface area contributed by atoms with Crippen LogP contribution in [-0.2, 0) is 47.6 Å². The second kappa shape index (κ2) is 13.8. The summed E-state index contributed by atoms with van der Waals surface area (Å²) in [7, 11) is 7.77. The van der Waals surface area contributed by atoms with Crippen molar-refractivity contribution in [3.05, 3.63) is 83.9 Å². The van der Waals surface area contributed by atoms with Crippen LogP contribution in [0, 0.1) is 0 Å². The van der Waals surface area contributed by atoms with E-state index in [1.54, 1.807) is 24.3 Å². The molecule has 1 saturated heterocycles. The smallest absolute Gasteiger partial charge is 0.265 e. The van der Waals surface area contributed by atoms with Gasteiger partial charge in [0.15, 0.2) is 0 Å². The third-order valence-electron chi connectivity index (χ3n) is 6.75. The van der Waals surface area contributed by atoms with E-state index < -0.39 is 0 Å². The zero-order valence-corrected chi connectivity index (χ0v) is 26.3. The Morgan fingerprint density at radius 3 is 1.38 bits per heavy atom. The van der Waals surface area contributed by atoms with E-state index in [4.69, 9.17) is 25.3 Å². The molecule has 1 heterocycles. The van der Waals surface area contributed by atoms with Crippen molar-refractivity contribution in [3.63, 3.8) is 0 Å². The third kappa shape index (κ3) is 7.42. The van der Waals surface area contributed by atoms with Gasteiger partial charge in [-0.25, -0.2) is 9.61 Å². The summed E-state index contributed by atoms with van der Waals surface area (Å²) in [6, 6.07) is 22.1. The number of carbonyl (C=O) groups is 2. The molecule has 1 aliphatic heterocycles. The van der Waals surface area contributed by atoms with Gasteiger partial charge in [0.05, 0.1) is 5.69 Å². The van der Waals surface area contributed by atoms with Gasteiger partial charge in [-0.05, 0) is 72.8 Å². The predicted molar refractivity (Wildman–Crippen MR) is 161 cm³/mol. The van der Waals surface area contributed by atoms with E-state index in [9.17, 15) is 9.59 Å². The summed E-state index contributed by atoms with van der Waals surface area (Å²) < 4.78 is -0.288. The summed E-state index contributed by atoms with van der Waals surface area (Å²) in [6.45, 7) is 3.27. The van der Waals surface area contributed by atoms with E-state index in [-0.39, 0.29) is 38.9 Å². The van der Waals surface area contributed by atoms with Crippen LogP contribution in [0.25, 0.3) is 0 Å². The Bertz CT molecular complexity index is 1180. The fourth-order valence-corrected chi connectivity index (χ4v) is 4.81. The molecule has 4 rings (SSSR count). The number of hydrogen-bond donors (Lipinski definition) is 0. The second-order valence-corrected chi connectivity index (χ2v) is 10.9. The first-order valence-electron chi connectivity index (χ1n) is 12.5. The number of carbonyl (C=O) groups excluding carboxylic acids is 2. The molecule has 3 aromatic carbocycles. The molecule has 3 aromatic rings. The topological polar surface area (TPSA) is 50.3 Å². The van der Waals surface area contributed by atoms with Gasteiger partial charge in [-0.1, -0.05) is 0 Å². The van der Waals surface area contributed by atoms with Crippen molar-refractivity contribution in [1.82, 2.24) is 4.90 Å². The summed E-state index contributed by atoms with van der Waals surface area (Å²) in [5.74, 6) is -0.749. The SMILES string of the molecule is CN(C)c1ccc(C(=O)N(C(=O)c2ccc(N(C)C)cc2)c2ccc(N3CCN(C([S-])[S-])CC3)cc2)cc1.[Au]. The average molecular weight is 745 g/mol. The molecule has 0 aliphatic carbocycles. The molecule has 10 heteroatoms. The molecule has 0 saturated carbocycles. The van der Waals surface area contributed by atoms with Crippen LogP contribution in [0.3, 0.4) is 0 Å². The van der Waals surface area contributed by atoms with Crippen LogP contribution in [0.15, 0.2) is 72.8 Å². The van der Waals surface area contributed by atoms with E-state index in [0.717, 1.165) is 43.2 Å². The summed E-state index contributed by atoms with van der Waals surface area (Å²) in [6.07, 6.45) is 0. The van der Waals surface area contributed by atoms with E-state index in [0.29, 0.717) is 16.8 Å². The number of anilines is 4. The molecule has 0 spiro atoms. The standard InChI is InChI=1S/C29H35N5O2S2.Au/c1-30(2)23-9-5-21(6-10-23)27(35)34(28(36)22-7-11-24(12-8-22)31(3)4)26-15-13-25(14-16-26)32-17-19-33(20-18-32)29(37)38;/h5-16,29,37-38H,17-20H2,1-4H3;/p-2. The quantitative estimate of drug-likeness (QED) is 0.206. The first-order valence-corrected chi connectivity index (χ1v) is 13.4. The van der Waals surface area contributed by atoms with E-state index in [1.807, 2.05) is 86.5 Å². The van der Waals surface area contributed by atoms with Gasteiger partial charge < -0.3 is 44.9 Å². The predicted octanol–water partition coefficient (Wildman–Crippen LogP) is 3.80. The van der Waals surface area contributed by atoms with Gasteiger partial charge in [-0.3, -0.25) is 9.59 Å². The van der Waals surface area contributed by atoms with E-state index in [1.165, 1.54) is 4.90 Å². The summed E-state index contributed by atoms with van der Waals surface area (Å²) in [5, 5.41) is 0. The Balaban J connectivity index is 0.00000420. The van der Waals surface area contributed by atoms with Crippen molar-refractivity contribution in [2.24, 2.45) is 0 Å². The number of piperazine rings is 1. The normalized spacial score (nSPS) is 13.6. The van der Waals surface area contributed by atoms with Crippen LogP contribution < -0.4 is 19.6 Å². The molecule has 2 amide bonds. The Kier molecular flexibility index (Phi) is 11.0. The van der Waals surface area contributed by atoms with Gasteiger partial charge in [0.2, 0.25) is 0 Å². The molecular weight excluding hydrogens is 711 g/mol. The fourth-order valence-electron chi connectivity index (χ4n) is 4.39. The average Bonchev–Trinajstić information content (AvgIpc) is 2.93. The molecule has 0 N–H and O–H groups in total. The maximum atomic E-state index is 13.8. The molecule has 1 aliphatic rings. The molecule has 1 fully saturated rings. The van der Waals surface area contributed by atoms with Gasteiger partial charge in [-0.2, -0.15) is 0 Å². The number of benzene rings is 3. The number of imide groups is 1. The van der Waals surface area contributed by atoms with E-state index >= 15 is 0 Å². The molecule has 0 bridgehead atoms. The Morgan fingerprint density at radius 1 is 0.641 bits per heavy atom. The van der Waals surface area contributed by atoms with Crippen LogP contribution in [-0.4, -0.2) is 75.8 Å². The Hall–Kier alpha value is -2.40. The summed E-state index contributed by atoms with van der Waals surface area (Å²) in [5.41, 5.74) is 4.38. The number of amides is 2. The fraction of sp³-hybridized carbons (Fsp3) is 0.310. The first kappa shape index (κ1) is 31.1. The van der Waals surface area contributed by atoms with Crippen LogP contribution in [0.4, 0.5) is 22.7 Å². The number of hydrogen-bond acceptors (Lipinski definition) is 8. The molecule has 0 atom stereocenters. The van der Waals surface area contributed by atoms with Gasteiger partial charge in [0.1, 0.15) is 0 Å². The van der Waals surface area contributed by atoms with Crippen molar-refractivity contribution >= 4 is 59.8 Å². The first-order chi connectivity index (χ1) is 18.2. The van der Waals surface area contributed by atoms with Crippen molar-refractivity contribution in [1.29, 1.82) is 0 Å². The van der Waals surface area contributed by atoms with Crippen molar-refractivity contribution < 1.29 is 32.0 Å². The van der Waals surface area contributed by atoms with Gasteiger partial charge in [-0.15, -0.1) is 0 Å². The Labute approximate surface area is 258 Å². The van der Waals surface area contributed by atoms with Gasteiger partial charge >= 0.3 is 0 Å². The zero-order valence-electron chi connectivity index (χ0n) is 22.5. The van der Waals surface area contributed by atoms with Crippen molar-refractivity contribution in [2.75, 3.05) is 74.0 Å². The minimum atomic E-state index is -0.375. The molecule has 1 radical (unpaired) electrons. The van der Waals surface area contributed by atoms with Crippen LogP contribution in [0.1, 0.15) is 20.7 Å². The number of rotatable bonds is 7. The maximum absolute atomic E-state index is 13.8. The number of nitrogens with zero attached hydrogens (tertiary/aromatic N) is 5. The third-order valence-corrected chi connectivity index (χ3v) is 7.35. The second-order valence-electron chi connectivity index (χ2n) is 9.67. The minimum absolute atomic E-state index is 0. The molecule has 0 unspecified atom stereocenters. The maximum Gasteiger partial charge on any atom is 0.265 e. The van der Waals surface area contributed by atoms with Crippen molar-refractivity contribution in [3.8, 4) is 0 Å². The molecule has 0 aromatic heterocycles. The monoisotopic (exact) mass is 744 g/mol. The largest absolute Gasteiger partial charge is 0.800 e. The Morgan fingerprint density at radius 2 is 1.03 bits per heavy atom. The summed E-state index contributed by atoms with van der Waals surface area (Å²) >= 11 is 10.4. The molecular formula is C29H33AuN5O2S2-2. The molecule has 7 nitrogen and oxygen atoms in total. The molecule has 211 valence electrons. The molecule has 39 heavy (non-hydrogen) atoms. The van der Waals surface area contributed by atoms with E-state index in [2.05, 4.69) is 9.80 Å². The van der Waals surface area contributed by atoms with Crippen LogP contribution in [0.5, 0.6) is 0 Å². The zero-order chi connectivity index (χ0) is 27.4. The van der Waals surface area contributed by atoms with Crippen LogP contribution >= 0.6 is 0 Å². The minimum Gasteiger partial charge on any atom is -0.800 e.